The van der Waals surface area contributed by atoms with Gasteiger partial charge in [0, 0.05) is 50.7 Å². The van der Waals surface area contributed by atoms with E-state index in [9.17, 15) is 0 Å². The molecule has 0 fully saturated rings. The van der Waals surface area contributed by atoms with Crippen molar-refractivity contribution in [1.82, 2.24) is 0 Å². The minimum atomic E-state index is -0.318. The Balaban J connectivity index is 0.978. The molecule has 2 unspecified atom stereocenters. The van der Waals surface area contributed by atoms with Gasteiger partial charge in [-0.15, -0.1) is 0 Å². The predicted molar refractivity (Wildman–Crippen MR) is 250 cm³/mol. The zero-order chi connectivity index (χ0) is 40.5. The SMILES string of the molecule is CC1(C)c2ccccc2C2(c3cc(-c4ccc(N(c5ccc6c7c(oc6c5)C=CCC7)c5cccc6c5oc5ccccc56)cc4)ccc3C3C=CC=CC32)c2ccccc21. The van der Waals surface area contributed by atoms with Crippen LogP contribution in [-0.4, -0.2) is 0 Å². The van der Waals surface area contributed by atoms with Gasteiger partial charge < -0.3 is 13.7 Å². The highest BCUT2D eigenvalue weighted by Gasteiger charge is 2.57. The van der Waals surface area contributed by atoms with Crippen LogP contribution in [-0.2, 0) is 17.3 Å². The lowest BCUT2D eigenvalue weighted by Gasteiger charge is -2.49. The molecule has 13 rings (SSSR count). The Morgan fingerprint density at radius 3 is 2.08 bits per heavy atom. The van der Waals surface area contributed by atoms with E-state index in [-0.39, 0.29) is 16.7 Å². The molecular formula is C58H43NO2. The Hall–Kier alpha value is -7.10. The van der Waals surface area contributed by atoms with Gasteiger partial charge in [0.1, 0.15) is 16.9 Å². The highest BCUT2D eigenvalue weighted by molar-refractivity contribution is 6.10. The van der Waals surface area contributed by atoms with Crippen molar-refractivity contribution in [2.75, 3.05) is 4.90 Å². The van der Waals surface area contributed by atoms with Crippen LogP contribution >= 0.6 is 0 Å². The number of anilines is 3. The van der Waals surface area contributed by atoms with Crippen LogP contribution < -0.4 is 4.90 Å². The van der Waals surface area contributed by atoms with Crippen molar-refractivity contribution in [3.05, 3.63) is 227 Å². The summed E-state index contributed by atoms with van der Waals surface area (Å²) in [5.41, 5.74) is 17.5. The lowest BCUT2D eigenvalue weighted by molar-refractivity contribution is 0.420. The predicted octanol–water partition coefficient (Wildman–Crippen LogP) is 15.2. The standard InChI is InChI=1S/C58H43NO2/c1-57(2)47-19-7-9-21-49(47)58(50-22-10-8-20-48(50)57)46-18-6-3-14-40(46)41-32-28-37(34-51(41)58)36-26-29-38(30-27-36)59(39-31-33-44-42-15-4-11-24-53(42)60-55(44)35-39)52-23-13-17-45-43-16-5-12-25-54(43)61-56(45)52/h3,5-14,16-35,40,46H,4,15H2,1-2H3. The van der Waals surface area contributed by atoms with Gasteiger partial charge in [-0.3, -0.25) is 0 Å². The Kier molecular flexibility index (Phi) is 7.23. The molecule has 2 aromatic heterocycles. The number of furan rings is 2. The molecule has 0 amide bonds. The van der Waals surface area contributed by atoms with Gasteiger partial charge in [-0.05, 0) is 106 Å². The monoisotopic (exact) mass is 785 g/mol. The molecular weight excluding hydrogens is 743 g/mol. The third-order valence-corrected chi connectivity index (χ3v) is 14.5. The fourth-order valence-electron chi connectivity index (χ4n) is 11.8. The van der Waals surface area contributed by atoms with Crippen LogP contribution in [0.5, 0.6) is 0 Å². The lowest BCUT2D eigenvalue weighted by atomic mass is 9.53. The molecule has 61 heavy (non-hydrogen) atoms. The van der Waals surface area contributed by atoms with Crippen LogP contribution in [0.25, 0.3) is 50.1 Å². The van der Waals surface area contributed by atoms with Crippen molar-refractivity contribution >= 4 is 56.0 Å². The van der Waals surface area contributed by atoms with Crippen molar-refractivity contribution in [3.63, 3.8) is 0 Å². The number of rotatable bonds is 4. The second kappa shape index (κ2) is 12.7. The largest absolute Gasteiger partial charge is 0.456 e. The second-order valence-electron chi connectivity index (χ2n) is 17.8. The lowest BCUT2D eigenvalue weighted by Crippen LogP contribution is -2.44. The van der Waals surface area contributed by atoms with Crippen molar-refractivity contribution in [1.29, 1.82) is 0 Å². The highest BCUT2D eigenvalue weighted by Crippen LogP contribution is 2.64. The maximum Gasteiger partial charge on any atom is 0.159 e. The summed E-state index contributed by atoms with van der Waals surface area (Å²) in [5, 5.41) is 3.40. The Labute approximate surface area is 355 Å². The van der Waals surface area contributed by atoms with E-state index in [4.69, 9.17) is 8.83 Å². The van der Waals surface area contributed by atoms with Crippen LogP contribution in [0.2, 0.25) is 0 Å². The second-order valence-corrected chi connectivity index (χ2v) is 17.8. The summed E-state index contributed by atoms with van der Waals surface area (Å²) < 4.78 is 13.2. The molecule has 0 N–H and O–H groups in total. The number of nitrogens with zero attached hydrogens (tertiary/aromatic N) is 1. The molecule has 2 heterocycles. The van der Waals surface area contributed by atoms with E-state index >= 15 is 0 Å². The first-order chi connectivity index (χ1) is 30.0. The van der Waals surface area contributed by atoms with Gasteiger partial charge in [0.05, 0.1) is 16.8 Å². The normalized spacial score (nSPS) is 18.6. The molecule has 7 aromatic carbocycles. The average Bonchev–Trinajstić information content (AvgIpc) is 3.97. The summed E-state index contributed by atoms with van der Waals surface area (Å²) in [5.74, 6) is 1.53. The maximum atomic E-state index is 6.67. The van der Waals surface area contributed by atoms with Gasteiger partial charge in [0.15, 0.2) is 5.58 Å². The molecule has 2 atom stereocenters. The van der Waals surface area contributed by atoms with Crippen LogP contribution in [0.15, 0.2) is 191 Å². The molecule has 4 aliphatic carbocycles. The molecule has 0 bridgehead atoms. The number of hydrogen-bond acceptors (Lipinski definition) is 3. The van der Waals surface area contributed by atoms with Crippen molar-refractivity contribution in [2.45, 2.75) is 43.4 Å². The van der Waals surface area contributed by atoms with Gasteiger partial charge in [0.25, 0.3) is 0 Å². The van der Waals surface area contributed by atoms with E-state index in [0.29, 0.717) is 5.92 Å². The number of aryl methyl sites for hydroxylation is 1. The number of fused-ring (bicyclic) bond motifs is 15. The smallest absolute Gasteiger partial charge is 0.159 e. The first kappa shape index (κ1) is 34.7. The number of benzene rings is 7. The molecule has 3 heteroatoms. The summed E-state index contributed by atoms with van der Waals surface area (Å²) in [6, 6.07) is 56.3. The van der Waals surface area contributed by atoms with Crippen molar-refractivity contribution in [2.24, 2.45) is 5.92 Å². The van der Waals surface area contributed by atoms with Gasteiger partial charge >= 0.3 is 0 Å². The zero-order valence-electron chi connectivity index (χ0n) is 34.2. The summed E-state index contributed by atoms with van der Waals surface area (Å²) in [6.45, 7) is 4.80. The maximum absolute atomic E-state index is 6.67. The number of allylic oxidation sites excluding steroid dienone is 5. The molecule has 0 aliphatic heterocycles. The minimum absolute atomic E-state index is 0.116. The summed E-state index contributed by atoms with van der Waals surface area (Å²) in [7, 11) is 0. The van der Waals surface area contributed by atoms with Crippen molar-refractivity contribution < 1.29 is 8.83 Å². The van der Waals surface area contributed by atoms with E-state index in [0.717, 1.165) is 63.2 Å². The molecule has 3 nitrogen and oxygen atoms in total. The van der Waals surface area contributed by atoms with E-state index in [1.54, 1.807) is 0 Å². The summed E-state index contributed by atoms with van der Waals surface area (Å²) in [4.78, 5) is 2.32. The van der Waals surface area contributed by atoms with E-state index in [1.807, 2.05) is 6.07 Å². The molecule has 0 saturated carbocycles. The number of para-hydroxylation sites is 2. The quantitative estimate of drug-likeness (QED) is 0.178. The topological polar surface area (TPSA) is 29.5 Å². The van der Waals surface area contributed by atoms with Crippen LogP contribution in [0.4, 0.5) is 17.1 Å². The third kappa shape index (κ3) is 4.75. The average molecular weight is 786 g/mol. The molecule has 4 aliphatic rings. The Bertz CT molecular complexity index is 3320. The van der Waals surface area contributed by atoms with Gasteiger partial charge in [-0.1, -0.05) is 147 Å². The van der Waals surface area contributed by atoms with Gasteiger partial charge in [0.2, 0.25) is 0 Å². The fraction of sp³-hybridized carbons (Fsp3) is 0.138. The van der Waals surface area contributed by atoms with Crippen LogP contribution in [0.1, 0.15) is 70.9 Å². The third-order valence-electron chi connectivity index (χ3n) is 14.5. The Morgan fingerprint density at radius 2 is 1.26 bits per heavy atom. The molecule has 1 spiro atoms. The van der Waals surface area contributed by atoms with E-state index in [2.05, 4.69) is 201 Å². The molecule has 0 saturated heterocycles. The van der Waals surface area contributed by atoms with Gasteiger partial charge in [-0.25, -0.2) is 0 Å². The summed E-state index contributed by atoms with van der Waals surface area (Å²) >= 11 is 0. The molecule has 0 radical (unpaired) electrons. The van der Waals surface area contributed by atoms with Crippen LogP contribution in [0, 0.1) is 5.92 Å². The van der Waals surface area contributed by atoms with Crippen LogP contribution in [0.3, 0.4) is 0 Å². The van der Waals surface area contributed by atoms with E-state index in [1.165, 1.54) is 55.5 Å². The van der Waals surface area contributed by atoms with Gasteiger partial charge in [-0.2, -0.15) is 0 Å². The first-order valence-electron chi connectivity index (χ1n) is 21.7. The molecule has 9 aromatic rings. The summed E-state index contributed by atoms with van der Waals surface area (Å²) in [6.07, 6.45) is 15.8. The highest BCUT2D eigenvalue weighted by atomic mass is 16.3. The zero-order valence-corrected chi connectivity index (χ0v) is 34.2. The minimum Gasteiger partial charge on any atom is -0.456 e. The number of hydrogen-bond donors (Lipinski definition) is 0. The molecule has 292 valence electrons. The van der Waals surface area contributed by atoms with Crippen molar-refractivity contribution in [3.8, 4) is 11.1 Å². The first-order valence-corrected chi connectivity index (χ1v) is 21.7. The van der Waals surface area contributed by atoms with E-state index < -0.39 is 0 Å². The Morgan fingerprint density at radius 1 is 0.557 bits per heavy atom. The fourth-order valence-corrected chi connectivity index (χ4v) is 11.8.